The zero-order valence-corrected chi connectivity index (χ0v) is 13.7. The molecule has 0 saturated carbocycles. The van der Waals surface area contributed by atoms with Gasteiger partial charge in [0.15, 0.2) is 11.7 Å². The number of aromatic nitrogens is 1. The standard InChI is InChI=1S/C18H24N2O3/c1-13-3-5-15(6-4-13)16-12-20-18(23-16)8-7-17(22)19-11-14(2)9-10-21/h3-6,12,14,21H,7-11H2,1-2H3,(H,19,22). The van der Waals surface area contributed by atoms with E-state index >= 15 is 0 Å². The first-order chi connectivity index (χ1) is 11.1. The van der Waals surface area contributed by atoms with E-state index in [1.807, 2.05) is 38.1 Å². The number of aliphatic hydroxyl groups excluding tert-OH is 1. The van der Waals surface area contributed by atoms with Crippen molar-refractivity contribution in [2.24, 2.45) is 5.92 Å². The van der Waals surface area contributed by atoms with Gasteiger partial charge in [0.25, 0.3) is 0 Å². The third-order valence-corrected chi connectivity index (χ3v) is 3.73. The minimum absolute atomic E-state index is 0.0233. The first-order valence-corrected chi connectivity index (χ1v) is 7.97. The quantitative estimate of drug-likeness (QED) is 0.785. The van der Waals surface area contributed by atoms with Crippen molar-refractivity contribution in [3.63, 3.8) is 0 Å². The molecule has 0 saturated heterocycles. The average molecular weight is 316 g/mol. The molecule has 124 valence electrons. The number of rotatable bonds is 8. The smallest absolute Gasteiger partial charge is 0.220 e. The van der Waals surface area contributed by atoms with Crippen molar-refractivity contribution in [1.29, 1.82) is 0 Å². The van der Waals surface area contributed by atoms with Gasteiger partial charge < -0.3 is 14.8 Å². The Labute approximate surface area is 136 Å². The van der Waals surface area contributed by atoms with Crippen LogP contribution in [-0.2, 0) is 11.2 Å². The van der Waals surface area contributed by atoms with Crippen molar-refractivity contribution in [2.45, 2.75) is 33.1 Å². The Hall–Kier alpha value is -2.14. The van der Waals surface area contributed by atoms with Crippen molar-refractivity contribution in [3.05, 3.63) is 41.9 Å². The van der Waals surface area contributed by atoms with Crippen molar-refractivity contribution < 1.29 is 14.3 Å². The maximum Gasteiger partial charge on any atom is 0.220 e. The van der Waals surface area contributed by atoms with Gasteiger partial charge >= 0.3 is 0 Å². The molecule has 0 aliphatic heterocycles. The zero-order valence-electron chi connectivity index (χ0n) is 13.7. The molecular weight excluding hydrogens is 292 g/mol. The minimum atomic E-state index is -0.0233. The van der Waals surface area contributed by atoms with Crippen molar-refractivity contribution in [1.82, 2.24) is 10.3 Å². The van der Waals surface area contributed by atoms with Gasteiger partial charge in [-0.2, -0.15) is 0 Å². The van der Waals surface area contributed by atoms with Gasteiger partial charge in [0.2, 0.25) is 5.91 Å². The van der Waals surface area contributed by atoms with Crippen LogP contribution in [-0.4, -0.2) is 29.1 Å². The van der Waals surface area contributed by atoms with Crippen molar-refractivity contribution in [2.75, 3.05) is 13.2 Å². The molecule has 0 spiro atoms. The fraction of sp³-hybridized carbons (Fsp3) is 0.444. The van der Waals surface area contributed by atoms with Crippen LogP contribution in [0.3, 0.4) is 0 Å². The van der Waals surface area contributed by atoms with E-state index in [2.05, 4.69) is 10.3 Å². The van der Waals surface area contributed by atoms with Crippen LogP contribution >= 0.6 is 0 Å². The van der Waals surface area contributed by atoms with Gasteiger partial charge in [0, 0.05) is 31.6 Å². The summed E-state index contributed by atoms with van der Waals surface area (Å²) in [5, 5.41) is 11.7. The highest BCUT2D eigenvalue weighted by molar-refractivity contribution is 5.76. The highest BCUT2D eigenvalue weighted by Crippen LogP contribution is 2.21. The Morgan fingerprint density at radius 2 is 2.09 bits per heavy atom. The van der Waals surface area contributed by atoms with E-state index in [0.717, 1.165) is 11.3 Å². The summed E-state index contributed by atoms with van der Waals surface area (Å²) < 4.78 is 5.70. The number of aryl methyl sites for hydroxylation is 2. The molecule has 2 aromatic rings. The molecule has 2 N–H and O–H groups in total. The number of aliphatic hydroxyl groups is 1. The third kappa shape index (κ3) is 5.53. The van der Waals surface area contributed by atoms with Crippen LogP contribution < -0.4 is 5.32 Å². The van der Waals surface area contributed by atoms with Crippen LogP contribution in [0.4, 0.5) is 0 Å². The summed E-state index contributed by atoms with van der Waals surface area (Å²) >= 11 is 0. The number of nitrogens with one attached hydrogen (secondary N) is 1. The summed E-state index contributed by atoms with van der Waals surface area (Å²) in [4.78, 5) is 16.0. The summed E-state index contributed by atoms with van der Waals surface area (Å²) in [5.41, 5.74) is 2.18. The monoisotopic (exact) mass is 316 g/mol. The molecule has 5 nitrogen and oxygen atoms in total. The molecule has 0 aliphatic carbocycles. The highest BCUT2D eigenvalue weighted by Gasteiger charge is 2.10. The molecule has 2 rings (SSSR count). The van der Waals surface area contributed by atoms with Gasteiger partial charge in [0.05, 0.1) is 6.20 Å². The summed E-state index contributed by atoms with van der Waals surface area (Å²) in [6, 6.07) is 8.04. The fourth-order valence-corrected chi connectivity index (χ4v) is 2.20. The topological polar surface area (TPSA) is 75.4 Å². The van der Waals surface area contributed by atoms with Crippen molar-refractivity contribution in [3.8, 4) is 11.3 Å². The van der Waals surface area contributed by atoms with E-state index in [9.17, 15) is 4.79 Å². The molecular formula is C18H24N2O3. The largest absolute Gasteiger partial charge is 0.441 e. The second kappa shape index (κ2) is 8.48. The molecule has 5 heteroatoms. The summed E-state index contributed by atoms with van der Waals surface area (Å²) in [6.45, 7) is 4.77. The SMILES string of the molecule is Cc1ccc(-c2cnc(CCC(=O)NCC(C)CCO)o2)cc1. The number of benzene rings is 1. The van der Waals surface area contributed by atoms with Gasteiger partial charge in [-0.25, -0.2) is 4.98 Å². The predicted molar refractivity (Wildman–Crippen MR) is 88.9 cm³/mol. The summed E-state index contributed by atoms with van der Waals surface area (Å²) in [6.07, 6.45) is 3.22. The number of hydrogen-bond donors (Lipinski definition) is 2. The zero-order chi connectivity index (χ0) is 16.7. The van der Waals surface area contributed by atoms with Gasteiger partial charge in [-0.3, -0.25) is 4.79 Å². The molecule has 0 bridgehead atoms. The third-order valence-electron chi connectivity index (χ3n) is 3.73. The van der Waals surface area contributed by atoms with Gasteiger partial charge in [-0.15, -0.1) is 0 Å². The van der Waals surface area contributed by atoms with Crippen LogP contribution in [0.2, 0.25) is 0 Å². The van der Waals surface area contributed by atoms with Crippen LogP contribution in [0, 0.1) is 12.8 Å². The van der Waals surface area contributed by atoms with E-state index < -0.39 is 0 Å². The molecule has 1 unspecified atom stereocenters. The molecule has 1 aromatic heterocycles. The van der Waals surface area contributed by atoms with E-state index in [4.69, 9.17) is 9.52 Å². The molecule has 0 aliphatic rings. The first-order valence-electron chi connectivity index (χ1n) is 7.97. The Bertz CT molecular complexity index is 619. The van der Waals surface area contributed by atoms with E-state index in [1.54, 1.807) is 6.20 Å². The van der Waals surface area contributed by atoms with Crippen molar-refractivity contribution >= 4 is 5.91 Å². The molecule has 1 amide bonds. The number of hydrogen-bond acceptors (Lipinski definition) is 4. The van der Waals surface area contributed by atoms with Crippen LogP contribution in [0.5, 0.6) is 0 Å². The summed E-state index contributed by atoms with van der Waals surface area (Å²) in [7, 11) is 0. The van der Waals surface area contributed by atoms with Gasteiger partial charge in [-0.1, -0.05) is 36.8 Å². The number of carbonyl (C=O) groups excluding carboxylic acids is 1. The van der Waals surface area contributed by atoms with E-state index in [-0.39, 0.29) is 18.4 Å². The highest BCUT2D eigenvalue weighted by atomic mass is 16.4. The molecule has 1 atom stereocenters. The number of carbonyl (C=O) groups is 1. The second-order valence-electron chi connectivity index (χ2n) is 5.91. The Balaban J connectivity index is 1.80. The number of amides is 1. The Morgan fingerprint density at radius 3 is 2.78 bits per heavy atom. The van der Waals surface area contributed by atoms with Gasteiger partial charge in [0.1, 0.15) is 0 Å². The predicted octanol–water partition coefficient (Wildman–Crippen LogP) is 2.72. The maximum absolute atomic E-state index is 11.8. The lowest BCUT2D eigenvalue weighted by Crippen LogP contribution is -2.28. The van der Waals surface area contributed by atoms with Crippen LogP contribution in [0.15, 0.2) is 34.9 Å². The molecule has 23 heavy (non-hydrogen) atoms. The lowest BCUT2D eigenvalue weighted by molar-refractivity contribution is -0.121. The number of oxazole rings is 1. The number of nitrogens with zero attached hydrogens (tertiary/aromatic N) is 1. The second-order valence-corrected chi connectivity index (χ2v) is 5.91. The maximum atomic E-state index is 11.8. The molecule has 0 radical (unpaired) electrons. The molecule has 0 fully saturated rings. The summed E-state index contributed by atoms with van der Waals surface area (Å²) in [5.74, 6) is 1.54. The molecule has 1 aromatic carbocycles. The van der Waals surface area contributed by atoms with Crippen LogP contribution in [0.1, 0.15) is 31.2 Å². The van der Waals surface area contributed by atoms with Crippen LogP contribution in [0.25, 0.3) is 11.3 Å². The average Bonchev–Trinajstić information content (AvgIpc) is 3.01. The first kappa shape index (κ1) is 17.2. The van der Waals surface area contributed by atoms with Gasteiger partial charge in [-0.05, 0) is 19.3 Å². The van der Waals surface area contributed by atoms with E-state index in [0.29, 0.717) is 31.7 Å². The Kier molecular flexibility index (Phi) is 6.35. The fourth-order valence-electron chi connectivity index (χ4n) is 2.20. The molecule has 1 heterocycles. The lowest BCUT2D eigenvalue weighted by atomic mass is 10.1. The normalized spacial score (nSPS) is 12.1. The Morgan fingerprint density at radius 1 is 1.35 bits per heavy atom. The van der Waals surface area contributed by atoms with E-state index in [1.165, 1.54) is 5.56 Å². The lowest BCUT2D eigenvalue weighted by Gasteiger charge is -2.10. The minimum Gasteiger partial charge on any atom is -0.441 e.